The van der Waals surface area contributed by atoms with Gasteiger partial charge in [0.05, 0.1) is 18.6 Å². The molecular weight excluding hydrogens is 375 g/mol. The summed E-state index contributed by atoms with van der Waals surface area (Å²) in [4.78, 5) is 34.5. The fourth-order valence-corrected chi connectivity index (χ4v) is 2.50. The van der Waals surface area contributed by atoms with Crippen LogP contribution in [0.4, 0.5) is 13.2 Å². The van der Waals surface area contributed by atoms with Crippen LogP contribution >= 0.6 is 0 Å². The topological polar surface area (TPSA) is 72.5 Å². The molecule has 8 heteroatoms. The van der Waals surface area contributed by atoms with E-state index in [1.165, 1.54) is 24.3 Å². The van der Waals surface area contributed by atoms with Gasteiger partial charge < -0.3 is 10.1 Å². The quantitative estimate of drug-likeness (QED) is 0.573. The van der Waals surface area contributed by atoms with Crippen molar-refractivity contribution in [2.24, 2.45) is 0 Å². The highest BCUT2D eigenvalue weighted by atomic mass is 19.4. The molecule has 0 radical (unpaired) electrons. The van der Waals surface area contributed by atoms with E-state index < -0.39 is 23.6 Å². The van der Waals surface area contributed by atoms with E-state index in [9.17, 15) is 27.6 Å². The molecule has 2 rings (SSSR count). The van der Waals surface area contributed by atoms with Crippen molar-refractivity contribution in [3.63, 3.8) is 0 Å². The van der Waals surface area contributed by atoms with E-state index >= 15 is 0 Å². The zero-order chi connectivity index (χ0) is 20.7. The number of carbonyl (C=O) groups is 3. The molecule has 1 N–H and O–H groups in total. The van der Waals surface area contributed by atoms with Crippen molar-refractivity contribution in [3.8, 4) is 11.1 Å². The number of halogens is 3. The Morgan fingerprint density at radius 2 is 1.79 bits per heavy atom. The Hall–Kier alpha value is -3.16. The van der Waals surface area contributed by atoms with Crippen LogP contribution in [0.2, 0.25) is 0 Å². The Morgan fingerprint density at radius 1 is 1.11 bits per heavy atom. The summed E-state index contributed by atoms with van der Waals surface area (Å²) in [6.45, 7) is 2.04. The summed E-state index contributed by atoms with van der Waals surface area (Å²) >= 11 is 0. The molecule has 5 nitrogen and oxygen atoms in total. The average molecular weight is 393 g/mol. The molecule has 148 valence electrons. The van der Waals surface area contributed by atoms with Crippen molar-refractivity contribution in [2.75, 3.05) is 13.2 Å². The van der Waals surface area contributed by atoms with E-state index in [1.54, 1.807) is 6.92 Å². The normalized spacial score (nSPS) is 11.0. The number of aldehydes is 1. The molecule has 2 aromatic carbocycles. The van der Waals surface area contributed by atoms with Gasteiger partial charge >= 0.3 is 12.1 Å². The van der Waals surface area contributed by atoms with Gasteiger partial charge in [0.1, 0.15) is 0 Å². The maximum Gasteiger partial charge on any atom is 0.416 e. The second-order valence-corrected chi connectivity index (χ2v) is 5.81. The van der Waals surface area contributed by atoms with Crippen LogP contribution in [0.15, 0.2) is 42.5 Å². The highest BCUT2D eigenvalue weighted by Gasteiger charge is 2.31. The van der Waals surface area contributed by atoms with Crippen LogP contribution < -0.4 is 5.32 Å². The number of esters is 1. The molecule has 0 aliphatic heterocycles. The van der Waals surface area contributed by atoms with Crippen molar-refractivity contribution in [3.05, 3.63) is 59.2 Å². The molecule has 0 spiro atoms. The van der Waals surface area contributed by atoms with Crippen LogP contribution in [-0.4, -0.2) is 31.3 Å². The lowest BCUT2D eigenvalue weighted by Gasteiger charge is -2.12. The largest absolute Gasteiger partial charge is 0.466 e. The lowest BCUT2D eigenvalue weighted by atomic mass is 9.96. The van der Waals surface area contributed by atoms with Crippen molar-refractivity contribution < 1.29 is 32.3 Å². The van der Waals surface area contributed by atoms with Crippen LogP contribution in [0, 0.1) is 0 Å². The average Bonchev–Trinajstić information content (AvgIpc) is 2.67. The molecule has 0 saturated heterocycles. The van der Waals surface area contributed by atoms with Gasteiger partial charge in [-0.05, 0) is 42.3 Å². The number of benzene rings is 2. The maximum atomic E-state index is 12.9. The van der Waals surface area contributed by atoms with Crippen molar-refractivity contribution in [1.29, 1.82) is 0 Å². The molecule has 0 bridgehead atoms. The van der Waals surface area contributed by atoms with E-state index in [0.29, 0.717) is 11.8 Å². The van der Waals surface area contributed by atoms with Gasteiger partial charge in [-0.25, -0.2) is 0 Å². The third-order valence-corrected chi connectivity index (χ3v) is 3.89. The molecule has 0 aliphatic carbocycles. The SMILES string of the molecule is CCOC(=O)CCNC(=O)c1ccc(-c2cc(C(F)(F)F)ccc2C=O)cc1. The Bertz CT molecular complexity index is 861. The first-order valence-electron chi connectivity index (χ1n) is 8.47. The zero-order valence-electron chi connectivity index (χ0n) is 15.0. The monoisotopic (exact) mass is 393 g/mol. The van der Waals surface area contributed by atoms with Gasteiger partial charge in [-0.15, -0.1) is 0 Å². The minimum Gasteiger partial charge on any atom is -0.466 e. The summed E-state index contributed by atoms with van der Waals surface area (Å²) in [5, 5.41) is 2.55. The van der Waals surface area contributed by atoms with Gasteiger partial charge in [0, 0.05) is 17.7 Å². The molecule has 2 aromatic rings. The van der Waals surface area contributed by atoms with Crippen molar-refractivity contribution in [2.45, 2.75) is 19.5 Å². The van der Waals surface area contributed by atoms with Gasteiger partial charge in [-0.3, -0.25) is 14.4 Å². The molecular formula is C20H18F3NO4. The molecule has 0 unspecified atom stereocenters. The summed E-state index contributed by atoms with van der Waals surface area (Å²) in [6.07, 6.45) is -4.02. The summed E-state index contributed by atoms with van der Waals surface area (Å²) in [5.41, 5.74) is 0.0103. The molecule has 0 heterocycles. The van der Waals surface area contributed by atoms with Gasteiger partial charge in [-0.1, -0.05) is 18.2 Å². The predicted molar refractivity (Wildman–Crippen MR) is 95.9 cm³/mol. The van der Waals surface area contributed by atoms with Crippen LogP contribution in [0.5, 0.6) is 0 Å². The van der Waals surface area contributed by atoms with Gasteiger partial charge in [0.25, 0.3) is 5.91 Å². The Kier molecular flexibility index (Phi) is 6.92. The van der Waals surface area contributed by atoms with Crippen LogP contribution in [-0.2, 0) is 15.7 Å². The van der Waals surface area contributed by atoms with Gasteiger partial charge in [-0.2, -0.15) is 13.2 Å². The summed E-state index contributed by atoms with van der Waals surface area (Å²) in [5.74, 6) is -0.861. The first-order chi connectivity index (χ1) is 13.3. The summed E-state index contributed by atoms with van der Waals surface area (Å²) in [7, 11) is 0. The predicted octanol–water partition coefficient (Wildman–Crippen LogP) is 3.87. The van der Waals surface area contributed by atoms with Crippen LogP contribution in [0.3, 0.4) is 0 Å². The van der Waals surface area contributed by atoms with E-state index in [1.807, 2.05) is 0 Å². The summed E-state index contributed by atoms with van der Waals surface area (Å²) in [6, 6.07) is 8.65. The highest BCUT2D eigenvalue weighted by Crippen LogP contribution is 2.33. The van der Waals surface area contributed by atoms with Crippen molar-refractivity contribution >= 4 is 18.2 Å². The zero-order valence-corrected chi connectivity index (χ0v) is 15.0. The fraction of sp³-hybridized carbons (Fsp3) is 0.250. The highest BCUT2D eigenvalue weighted by molar-refractivity contribution is 5.95. The maximum absolute atomic E-state index is 12.9. The molecule has 0 atom stereocenters. The van der Waals surface area contributed by atoms with E-state index in [4.69, 9.17) is 4.74 Å². The number of alkyl halides is 3. The smallest absolute Gasteiger partial charge is 0.416 e. The molecule has 0 fully saturated rings. The number of hydrogen-bond acceptors (Lipinski definition) is 4. The lowest BCUT2D eigenvalue weighted by molar-refractivity contribution is -0.143. The number of rotatable bonds is 7. The van der Waals surface area contributed by atoms with E-state index in [-0.39, 0.29) is 36.3 Å². The molecule has 28 heavy (non-hydrogen) atoms. The fourth-order valence-electron chi connectivity index (χ4n) is 2.50. The second kappa shape index (κ2) is 9.16. The van der Waals surface area contributed by atoms with E-state index in [0.717, 1.165) is 18.2 Å². The first kappa shape index (κ1) is 21.1. The third kappa shape index (κ3) is 5.42. The molecule has 0 saturated carbocycles. The number of hydrogen-bond donors (Lipinski definition) is 1. The number of ether oxygens (including phenoxy) is 1. The Balaban J connectivity index is 2.15. The number of amides is 1. The molecule has 0 aliphatic rings. The van der Waals surface area contributed by atoms with Crippen molar-refractivity contribution in [1.82, 2.24) is 5.32 Å². The minimum absolute atomic E-state index is 0.0323. The number of carbonyl (C=O) groups excluding carboxylic acids is 3. The first-order valence-corrected chi connectivity index (χ1v) is 8.47. The Labute approximate surface area is 159 Å². The third-order valence-electron chi connectivity index (χ3n) is 3.89. The van der Waals surface area contributed by atoms with Gasteiger partial charge in [0.2, 0.25) is 0 Å². The molecule has 0 aromatic heterocycles. The van der Waals surface area contributed by atoms with Crippen LogP contribution in [0.1, 0.15) is 39.6 Å². The lowest BCUT2D eigenvalue weighted by Crippen LogP contribution is -2.26. The van der Waals surface area contributed by atoms with E-state index in [2.05, 4.69) is 5.32 Å². The minimum atomic E-state index is -4.53. The van der Waals surface area contributed by atoms with Gasteiger partial charge in [0.15, 0.2) is 6.29 Å². The Morgan fingerprint density at radius 3 is 2.36 bits per heavy atom. The standard InChI is InChI=1S/C20H18F3NO4/c1-2-28-18(26)9-10-24-19(27)14-5-3-13(4-6-14)17-11-16(20(21,22)23)8-7-15(17)12-25/h3-8,11-12H,2,9-10H2,1H3,(H,24,27). The van der Waals surface area contributed by atoms with Crippen LogP contribution in [0.25, 0.3) is 11.1 Å². The summed E-state index contributed by atoms with van der Waals surface area (Å²) < 4.78 is 43.6. The molecule has 1 amide bonds. The number of nitrogens with one attached hydrogen (secondary N) is 1. The second-order valence-electron chi connectivity index (χ2n) is 5.81.